The maximum Gasteiger partial charge on any atom is 0.150 e. The quantitative estimate of drug-likeness (QED) is 0.916. The number of hydrogen-bond acceptors (Lipinski definition) is 3. The fourth-order valence-corrected chi connectivity index (χ4v) is 4.32. The highest BCUT2D eigenvalue weighted by molar-refractivity contribution is 7.91. The van der Waals surface area contributed by atoms with Gasteiger partial charge < -0.3 is 5.11 Å². The summed E-state index contributed by atoms with van der Waals surface area (Å²) >= 11 is 11.8. The second-order valence-electron chi connectivity index (χ2n) is 5.50. The lowest BCUT2D eigenvalue weighted by atomic mass is 9.82. The molecule has 2 rings (SSSR count). The van der Waals surface area contributed by atoms with Crippen LogP contribution in [-0.4, -0.2) is 25.0 Å². The third-order valence-electron chi connectivity index (χ3n) is 4.00. The van der Waals surface area contributed by atoms with E-state index in [0.29, 0.717) is 28.5 Å². The molecule has 1 aliphatic carbocycles. The summed E-state index contributed by atoms with van der Waals surface area (Å²) in [7, 11) is -3.05. The Bertz CT molecular complexity index is 586. The van der Waals surface area contributed by atoms with Crippen LogP contribution in [0, 0.1) is 5.92 Å². The van der Waals surface area contributed by atoms with E-state index in [1.54, 1.807) is 18.2 Å². The molecule has 3 nitrogen and oxygen atoms in total. The Hall–Kier alpha value is -0.290. The van der Waals surface area contributed by atoms with Crippen molar-refractivity contribution in [2.24, 2.45) is 5.92 Å². The van der Waals surface area contributed by atoms with Gasteiger partial charge in [-0.05, 0) is 42.9 Å². The predicted octanol–water partition coefficient (Wildman–Crippen LogP) is 3.63. The fraction of sp³-hybridized carbons (Fsp3) is 0.571. The molecule has 0 spiro atoms. The van der Waals surface area contributed by atoms with Crippen LogP contribution >= 0.6 is 23.2 Å². The Balaban J connectivity index is 2.16. The van der Waals surface area contributed by atoms with E-state index in [-0.39, 0.29) is 11.2 Å². The van der Waals surface area contributed by atoms with E-state index in [1.807, 2.05) is 0 Å². The molecule has 1 aromatic carbocycles. The average Bonchev–Trinajstić information content (AvgIpc) is 2.40. The number of benzene rings is 1. The second-order valence-corrected chi connectivity index (χ2v) is 8.64. The SMILES string of the molecule is CS(=O)(=O)C1CCCC(C(O)c2ccc(Cl)c(Cl)c2)C1. The van der Waals surface area contributed by atoms with Gasteiger partial charge in [-0.15, -0.1) is 0 Å². The van der Waals surface area contributed by atoms with Crippen molar-refractivity contribution in [1.29, 1.82) is 0 Å². The van der Waals surface area contributed by atoms with E-state index in [4.69, 9.17) is 23.2 Å². The van der Waals surface area contributed by atoms with E-state index in [1.165, 1.54) is 6.26 Å². The highest BCUT2D eigenvalue weighted by Gasteiger charge is 2.33. The van der Waals surface area contributed by atoms with Crippen molar-refractivity contribution in [3.63, 3.8) is 0 Å². The second kappa shape index (κ2) is 6.22. The number of halogens is 2. The lowest BCUT2D eigenvalue weighted by molar-refractivity contribution is 0.0857. The number of sulfone groups is 1. The van der Waals surface area contributed by atoms with Crippen molar-refractivity contribution < 1.29 is 13.5 Å². The molecule has 20 heavy (non-hydrogen) atoms. The van der Waals surface area contributed by atoms with Crippen LogP contribution in [0.3, 0.4) is 0 Å². The minimum atomic E-state index is -3.05. The monoisotopic (exact) mass is 336 g/mol. The number of hydrogen-bond donors (Lipinski definition) is 1. The van der Waals surface area contributed by atoms with Gasteiger partial charge in [-0.3, -0.25) is 0 Å². The van der Waals surface area contributed by atoms with Crippen LogP contribution < -0.4 is 0 Å². The lowest BCUT2D eigenvalue weighted by Crippen LogP contribution is -2.30. The minimum absolute atomic E-state index is 0.0549. The van der Waals surface area contributed by atoms with E-state index in [0.717, 1.165) is 12.8 Å². The maximum absolute atomic E-state index is 11.7. The van der Waals surface area contributed by atoms with Gasteiger partial charge in [0.2, 0.25) is 0 Å². The van der Waals surface area contributed by atoms with Gasteiger partial charge in [0.15, 0.2) is 0 Å². The van der Waals surface area contributed by atoms with Crippen molar-refractivity contribution >= 4 is 33.0 Å². The molecule has 0 aliphatic heterocycles. The van der Waals surface area contributed by atoms with Gasteiger partial charge in [0.05, 0.1) is 21.4 Å². The third kappa shape index (κ3) is 3.67. The molecule has 0 heterocycles. The zero-order valence-corrected chi connectivity index (χ0v) is 13.5. The molecule has 1 aliphatic rings. The van der Waals surface area contributed by atoms with Crippen LogP contribution in [0.4, 0.5) is 0 Å². The molecule has 3 unspecified atom stereocenters. The molecule has 1 saturated carbocycles. The summed E-state index contributed by atoms with van der Waals surface area (Å²) in [6, 6.07) is 5.04. The van der Waals surface area contributed by atoms with E-state index < -0.39 is 15.9 Å². The smallest absolute Gasteiger partial charge is 0.150 e. The molecule has 6 heteroatoms. The van der Waals surface area contributed by atoms with Crippen LogP contribution in [0.5, 0.6) is 0 Å². The normalized spacial score (nSPS) is 25.4. The van der Waals surface area contributed by atoms with Gasteiger partial charge in [-0.2, -0.15) is 0 Å². The minimum Gasteiger partial charge on any atom is -0.388 e. The van der Waals surface area contributed by atoms with Crippen LogP contribution in [0.1, 0.15) is 37.4 Å². The van der Waals surface area contributed by atoms with E-state index in [9.17, 15) is 13.5 Å². The highest BCUT2D eigenvalue weighted by atomic mass is 35.5. The first kappa shape index (κ1) is 16.1. The first-order chi connectivity index (χ1) is 9.29. The summed E-state index contributed by atoms with van der Waals surface area (Å²) in [5.41, 5.74) is 0.693. The highest BCUT2D eigenvalue weighted by Crippen LogP contribution is 2.38. The first-order valence-electron chi connectivity index (χ1n) is 6.61. The fourth-order valence-electron chi connectivity index (χ4n) is 2.83. The van der Waals surface area contributed by atoms with E-state index >= 15 is 0 Å². The first-order valence-corrected chi connectivity index (χ1v) is 9.32. The van der Waals surface area contributed by atoms with Gasteiger partial charge >= 0.3 is 0 Å². The molecule has 1 fully saturated rings. The molecule has 3 atom stereocenters. The van der Waals surface area contributed by atoms with Crippen LogP contribution in [0.15, 0.2) is 18.2 Å². The van der Waals surface area contributed by atoms with Crippen molar-refractivity contribution in [3.05, 3.63) is 33.8 Å². The third-order valence-corrected chi connectivity index (χ3v) is 6.38. The lowest BCUT2D eigenvalue weighted by Gasteiger charge is -2.31. The summed E-state index contributed by atoms with van der Waals surface area (Å²) in [5, 5.41) is 10.9. The molecule has 112 valence electrons. The summed E-state index contributed by atoms with van der Waals surface area (Å²) < 4.78 is 23.3. The van der Waals surface area contributed by atoms with Crippen molar-refractivity contribution in [2.45, 2.75) is 37.0 Å². The molecule has 0 saturated heterocycles. The van der Waals surface area contributed by atoms with Gasteiger partial charge in [-0.1, -0.05) is 35.7 Å². The summed E-state index contributed by atoms with van der Waals surface area (Å²) in [4.78, 5) is 0. The summed E-state index contributed by atoms with van der Waals surface area (Å²) in [6.45, 7) is 0. The predicted molar refractivity (Wildman–Crippen MR) is 82.0 cm³/mol. The Morgan fingerprint density at radius 1 is 1.25 bits per heavy atom. The molecule has 0 amide bonds. The van der Waals surface area contributed by atoms with Crippen LogP contribution in [0.25, 0.3) is 0 Å². The molecule has 0 aromatic heterocycles. The summed E-state index contributed by atoms with van der Waals surface area (Å²) in [5.74, 6) is -0.0549. The Labute approximate surface area is 129 Å². The molecular weight excluding hydrogens is 319 g/mol. The van der Waals surface area contributed by atoms with E-state index in [2.05, 4.69) is 0 Å². The van der Waals surface area contributed by atoms with Crippen molar-refractivity contribution in [2.75, 3.05) is 6.26 Å². The maximum atomic E-state index is 11.7. The zero-order valence-electron chi connectivity index (χ0n) is 11.2. The topological polar surface area (TPSA) is 54.4 Å². The average molecular weight is 337 g/mol. The van der Waals surface area contributed by atoms with Gasteiger partial charge in [-0.25, -0.2) is 8.42 Å². The van der Waals surface area contributed by atoms with Crippen LogP contribution in [-0.2, 0) is 9.84 Å². The van der Waals surface area contributed by atoms with Crippen molar-refractivity contribution in [3.8, 4) is 0 Å². The Morgan fingerprint density at radius 2 is 1.95 bits per heavy atom. The molecular formula is C14H18Cl2O3S. The summed E-state index contributed by atoms with van der Waals surface area (Å²) in [6.07, 6.45) is 3.40. The number of aliphatic hydroxyl groups excluding tert-OH is 1. The molecule has 1 aromatic rings. The van der Waals surface area contributed by atoms with Gasteiger partial charge in [0.25, 0.3) is 0 Å². The van der Waals surface area contributed by atoms with Gasteiger partial charge in [0, 0.05) is 6.26 Å². The standard InChI is InChI=1S/C14H18Cl2O3S/c1-20(18,19)11-4-2-3-9(7-11)14(17)10-5-6-12(15)13(16)8-10/h5-6,8-9,11,14,17H,2-4,7H2,1H3. The number of aliphatic hydroxyl groups is 1. The largest absolute Gasteiger partial charge is 0.388 e. The van der Waals surface area contributed by atoms with Gasteiger partial charge in [0.1, 0.15) is 9.84 Å². The zero-order chi connectivity index (χ0) is 14.9. The van der Waals surface area contributed by atoms with Crippen molar-refractivity contribution in [1.82, 2.24) is 0 Å². The Kier molecular flexibility index (Phi) is 5.00. The molecule has 0 radical (unpaired) electrons. The Morgan fingerprint density at radius 3 is 2.55 bits per heavy atom. The van der Waals surface area contributed by atoms with Crippen LogP contribution in [0.2, 0.25) is 10.0 Å². The molecule has 0 bridgehead atoms. The number of rotatable bonds is 3. The molecule has 1 N–H and O–H groups in total.